The highest BCUT2D eigenvalue weighted by molar-refractivity contribution is 8.00. The first-order valence-electron chi connectivity index (χ1n) is 9.53. The van der Waals surface area contributed by atoms with Gasteiger partial charge >= 0.3 is 0 Å². The Morgan fingerprint density at radius 2 is 2.17 bits per heavy atom. The molecule has 1 amide bonds. The van der Waals surface area contributed by atoms with Crippen LogP contribution in [0.2, 0.25) is 0 Å². The second-order valence-corrected chi connectivity index (χ2v) is 10.8. The Labute approximate surface area is 180 Å². The standard InChI is InChI=1S/C20H24N4O4S2/c1-4-9-24-18(16-8-10-30(27,28)12-16)22-23-20(24)29-14(3)19(26)21-17-7-5-6-15(11-17)13(2)25/h4-7,11,14,16H,1,8-10,12H2,2-3H3,(H,21,26)/t14-,16-/m0/s1. The van der Waals surface area contributed by atoms with Gasteiger partial charge in [0.1, 0.15) is 5.82 Å². The lowest BCUT2D eigenvalue weighted by Crippen LogP contribution is -2.23. The fourth-order valence-electron chi connectivity index (χ4n) is 3.26. The van der Waals surface area contributed by atoms with E-state index in [-0.39, 0.29) is 29.1 Å². The van der Waals surface area contributed by atoms with Crippen LogP contribution < -0.4 is 5.32 Å². The molecule has 1 N–H and O–H groups in total. The molecule has 160 valence electrons. The lowest BCUT2D eigenvalue weighted by Gasteiger charge is -2.14. The number of aromatic nitrogens is 3. The zero-order valence-electron chi connectivity index (χ0n) is 16.9. The molecule has 1 fully saturated rings. The van der Waals surface area contributed by atoms with Crippen LogP contribution in [0.4, 0.5) is 5.69 Å². The molecule has 10 heteroatoms. The van der Waals surface area contributed by atoms with Crippen LogP contribution in [-0.4, -0.2) is 51.6 Å². The third kappa shape index (κ3) is 5.17. The van der Waals surface area contributed by atoms with Crippen LogP contribution in [-0.2, 0) is 21.2 Å². The SMILES string of the molecule is C=CCn1c(S[C@@H](C)C(=O)Nc2cccc(C(C)=O)c2)nnc1[C@H]1CCS(=O)(=O)C1. The number of Topliss-reactive ketones (excluding diaryl/α,β-unsaturated/α-hetero) is 1. The van der Waals surface area contributed by atoms with Gasteiger partial charge in [-0.2, -0.15) is 0 Å². The van der Waals surface area contributed by atoms with Gasteiger partial charge in [-0.3, -0.25) is 9.59 Å². The molecule has 1 aliphatic heterocycles. The summed E-state index contributed by atoms with van der Waals surface area (Å²) in [5.74, 6) is 0.316. The smallest absolute Gasteiger partial charge is 0.237 e. The molecule has 2 heterocycles. The Hall–Kier alpha value is -2.46. The summed E-state index contributed by atoms with van der Waals surface area (Å²) in [6.45, 7) is 7.40. The number of benzene rings is 1. The number of hydrogen-bond acceptors (Lipinski definition) is 7. The summed E-state index contributed by atoms with van der Waals surface area (Å²) < 4.78 is 25.5. The average molecular weight is 449 g/mol. The highest BCUT2D eigenvalue weighted by atomic mass is 32.2. The molecule has 8 nitrogen and oxygen atoms in total. The Balaban J connectivity index is 1.73. The number of sulfone groups is 1. The van der Waals surface area contributed by atoms with Crippen molar-refractivity contribution in [2.75, 3.05) is 16.8 Å². The van der Waals surface area contributed by atoms with Gasteiger partial charge in [-0.25, -0.2) is 8.42 Å². The fraction of sp³-hybridized carbons (Fsp3) is 0.400. The monoisotopic (exact) mass is 448 g/mol. The summed E-state index contributed by atoms with van der Waals surface area (Å²) in [7, 11) is -3.05. The molecule has 1 aromatic heterocycles. The van der Waals surface area contributed by atoms with E-state index in [0.717, 1.165) is 0 Å². The summed E-state index contributed by atoms with van der Waals surface area (Å²) >= 11 is 1.24. The molecule has 0 aliphatic carbocycles. The number of carbonyl (C=O) groups excluding carboxylic acids is 2. The average Bonchev–Trinajstić information content (AvgIpc) is 3.25. The number of rotatable bonds is 8. The maximum absolute atomic E-state index is 12.6. The molecule has 2 atom stereocenters. The molecule has 0 unspecified atom stereocenters. The Kier molecular flexibility index (Phi) is 6.77. The largest absolute Gasteiger partial charge is 0.325 e. The van der Waals surface area contributed by atoms with E-state index in [0.29, 0.717) is 35.2 Å². The van der Waals surface area contributed by atoms with Crippen molar-refractivity contribution in [3.63, 3.8) is 0 Å². The lowest BCUT2D eigenvalue weighted by molar-refractivity contribution is -0.115. The van der Waals surface area contributed by atoms with Gasteiger partial charge in [-0.15, -0.1) is 16.8 Å². The molecule has 1 aliphatic rings. The molecule has 30 heavy (non-hydrogen) atoms. The summed E-state index contributed by atoms with van der Waals surface area (Å²) in [4.78, 5) is 24.2. The van der Waals surface area contributed by atoms with Crippen molar-refractivity contribution in [1.29, 1.82) is 0 Å². The van der Waals surface area contributed by atoms with Gasteiger partial charge in [0, 0.05) is 23.7 Å². The van der Waals surface area contributed by atoms with Crippen molar-refractivity contribution in [3.8, 4) is 0 Å². The van der Waals surface area contributed by atoms with Gasteiger partial charge in [-0.1, -0.05) is 30.0 Å². The van der Waals surface area contributed by atoms with Crippen molar-refractivity contribution in [2.45, 2.75) is 43.1 Å². The van der Waals surface area contributed by atoms with Crippen molar-refractivity contribution in [1.82, 2.24) is 14.8 Å². The molecule has 0 radical (unpaired) electrons. The number of carbonyl (C=O) groups is 2. The maximum Gasteiger partial charge on any atom is 0.237 e. The van der Waals surface area contributed by atoms with Crippen LogP contribution in [0, 0.1) is 0 Å². The number of amides is 1. The van der Waals surface area contributed by atoms with Crippen molar-refractivity contribution in [2.24, 2.45) is 0 Å². The highest BCUT2D eigenvalue weighted by Crippen LogP contribution is 2.31. The Morgan fingerprint density at radius 3 is 2.80 bits per heavy atom. The fourth-order valence-corrected chi connectivity index (χ4v) is 5.86. The van der Waals surface area contributed by atoms with E-state index in [1.807, 2.05) is 4.57 Å². The second kappa shape index (κ2) is 9.13. The second-order valence-electron chi connectivity index (χ2n) is 7.23. The molecule has 1 aromatic carbocycles. The van der Waals surface area contributed by atoms with Gasteiger partial charge in [0.05, 0.1) is 16.8 Å². The van der Waals surface area contributed by atoms with Crippen LogP contribution in [0.3, 0.4) is 0 Å². The zero-order chi connectivity index (χ0) is 21.9. The van der Waals surface area contributed by atoms with Gasteiger partial charge in [0.25, 0.3) is 0 Å². The van der Waals surface area contributed by atoms with Crippen LogP contribution in [0.5, 0.6) is 0 Å². The van der Waals surface area contributed by atoms with E-state index in [2.05, 4.69) is 22.1 Å². The number of thioether (sulfide) groups is 1. The first-order valence-corrected chi connectivity index (χ1v) is 12.2. The van der Waals surface area contributed by atoms with Crippen LogP contribution >= 0.6 is 11.8 Å². The van der Waals surface area contributed by atoms with Crippen LogP contribution in [0.1, 0.15) is 42.4 Å². The Bertz CT molecular complexity index is 1080. The number of hydrogen-bond donors (Lipinski definition) is 1. The highest BCUT2D eigenvalue weighted by Gasteiger charge is 2.33. The normalized spacial score (nSPS) is 18.7. The molecule has 3 rings (SSSR count). The minimum atomic E-state index is -3.05. The van der Waals surface area contributed by atoms with Gasteiger partial charge in [0.15, 0.2) is 20.8 Å². The van der Waals surface area contributed by atoms with E-state index >= 15 is 0 Å². The number of nitrogens with zero attached hydrogens (tertiary/aromatic N) is 3. The molecular weight excluding hydrogens is 424 g/mol. The van der Waals surface area contributed by atoms with E-state index in [1.165, 1.54) is 18.7 Å². The van der Waals surface area contributed by atoms with E-state index in [9.17, 15) is 18.0 Å². The number of ketones is 1. The number of anilines is 1. The van der Waals surface area contributed by atoms with Crippen molar-refractivity contribution in [3.05, 3.63) is 48.3 Å². The molecule has 0 saturated carbocycles. The minimum Gasteiger partial charge on any atom is -0.325 e. The summed E-state index contributed by atoms with van der Waals surface area (Å²) in [5, 5.41) is 11.3. The van der Waals surface area contributed by atoms with Gasteiger partial charge < -0.3 is 9.88 Å². The Morgan fingerprint density at radius 1 is 1.40 bits per heavy atom. The van der Waals surface area contributed by atoms with Gasteiger partial charge in [-0.05, 0) is 32.4 Å². The molecule has 0 spiro atoms. The summed E-state index contributed by atoms with van der Waals surface area (Å²) in [6.07, 6.45) is 2.21. The molecular formula is C20H24N4O4S2. The number of allylic oxidation sites excluding steroid dienone is 1. The first kappa shape index (κ1) is 22.2. The van der Waals surface area contributed by atoms with Crippen molar-refractivity contribution >= 4 is 39.0 Å². The third-order valence-corrected chi connectivity index (χ3v) is 7.69. The minimum absolute atomic E-state index is 0.0650. The van der Waals surface area contributed by atoms with E-state index in [4.69, 9.17) is 0 Å². The lowest BCUT2D eigenvalue weighted by atomic mass is 10.1. The van der Waals surface area contributed by atoms with Crippen molar-refractivity contribution < 1.29 is 18.0 Å². The van der Waals surface area contributed by atoms with E-state index in [1.54, 1.807) is 37.3 Å². The number of nitrogens with one attached hydrogen (secondary N) is 1. The predicted molar refractivity (Wildman–Crippen MR) is 117 cm³/mol. The quantitative estimate of drug-likeness (QED) is 0.375. The van der Waals surface area contributed by atoms with Crippen LogP contribution in [0.15, 0.2) is 42.1 Å². The zero-order valence-corrected chi connectivity index (χ0v) is 18.5. The first-order chi connectivity index (χ1) is 14.2. The summed E-state index contributed by atoms with van der Waals surface area (Å²) in [6, 6.07) is 6.77. The van der Waals surface area contributed by atoms with Crippen LogP contribution in [0.25, 0.3) is 0 Å². The third-order valence-electron chi connectivity index (χ3n) is 4.84. The topological polar surface area (TPSA) is 111 Å². The molecule has 2 aromatic rings. The van der Waals surface area contributed by atoms with E-state index < -0.39 is 15.1 Å². The molecule has 0 bridgehead atoms. The predicted octanol–water partition coefficient (Wildman–Crippen LogP) is 2.69. The maximum atomic E-state index is 12.6. The molecule has 1 saturated heterocycles. The summed E-state index contributed by atoms with van der Waals surface area (Å²) in [5.41, 5.74) is 1.07. The van der Waals surface area contributed by atoms with Gasteiger partial charge in [0.2, 0.25) is 5.91 Å².